The van der Waals surface area contributed by atoms with Crippen LogP contribution in [0.25, 0.3) is 0 Å². The van der Waals surface area contributed by atoms with Gasteiger partial charge in [0, 0.05) is 17.8 Å². The number of fused-ring (bicyclic) bond motifs is 3. The number of carbonyl (C=O) groups excluding carboxylic acids is 1. The Labute approximate surface area is 241 Å². The van der Waals surface area contributed by atoms with Gasteiger partial charge in [-0.2, -0.15) is 0 Å². The predicted octanol–water partition coefficient (Wildman–Crippen LogP) is 6.06. The molecule has 4 aliphatic carbocycles. The summed E-state index contributed by atoms with van der Waals surface area (Å²) in [5.41, 5.74) is -0.339. The number of hydrogen-bond donors (Lipinski definition) is 2. The highest BCUT2D eigenvalue weighted by molar-refractivity contribution is 5.71. The van der Waals surface area contributed by atoms with E-state index in [9.17, 15) is 19.8 Å². The third kappa shape index (κ3) is 4.94. The maximum atomic E-state index is 12.8. The average molecular weight is 563 g/mol. The zero-order chi connectivity index (χ0) is 29.1. The highest BCUT2D eigenvalue weighted by Gasteiger charge is 2.67. The van der Waals surface area contributed by atoms with Crippen molar-refractivity contribution >= 4 is 11.9 Å². The van der Waals surface area contributed by atoms with Crippen LogP contribution in [0.2, 0.25) is 0 Å². The number of ether oxygens (including phenoxy) is 3. The number of aliphatic hydroxyl groups excluding tert-OH is 1. The Hall–Kier alpha value is -1.18. The van der Waals surface area contributed by atoms with E-state index >= 15 is 0 Å². The molecule has 2 N–H and O–H groups in total. The predicted molar refractivity (Wildman–Crippen MR) is 151 cm³/mol. The molecule has 5 aliphatic rings. The third-order valence-corrected chi connectivity index (χ3v) is 12.6. The quantitative estimate of drug-likeness (QED) is 0.287. The molecule has 1 spiro atoms. The van der Waals surface area contributed by atoms with Crippen LogP contribution in [0, 0.1) is 58.2 Å². The van der Waals surface area contributed by atoms with Crippen LogP contribution in [-0.4, -0.2) is 52.9 Å². The average Bonchev–Trinajstić information content (AvgIpc) is 3.06. The summed E-state index contributed by atoms with van der Waals surface area (Å²) in [5.74, 6) is 0.248. The summed E-state index contributed by atoms with van der Waals surface area (Å²) in [4.78, 5) is 25.5. The molecule has 0 aromatic heterocycles. The maximum Gasteiger partial charge on any atom is 0.306 e. The largest absolute Gasteiger partial charge is 0.481 e. The second-order valence-electron chi connectivity index (χ2n) is 15.1. The number of aliphatic carboxylic acids is 1. The van der Waals surface area contributed by atoms with Gasteiger partial charge in [-0.05, 0) is 92.3 Å². The second-order valence-corrected chi connectivity index (χ2v) is 15.1. The molecule has 0 aromatic rings. The van der Waals surface area contributed by atoms with Gasteiger partial charge >= 0.3 is 11.9 Å². The van der Waals surface area contributed by atoms with Crippen molar-refractivity contribution in [3.8, 4) is 0 Å². The minimum atomic E-state index is -0.743. The summed E-state index contributed by atoms with van der Waals surface area (Å²) >= 11 is 0. The van der Waals surface area contributed by atoms with Crippen molar-refractivity contribution in [2.45, 2.75) is 137 Å². The van der Waals surface area contributed by atoms with Crippen LogP contribution in [0.15, 0.2) is 0 Å². The molecule has 4 saturated carbocycles. The van der Waals surface area contributed by atoms with Crippen molar-refractivity contribution < 1.29 is 34.0 Å². The SMILES string of the molecule is CCC1OC(OC2CC(C(=O)O)C3CCC45CC(CCC4C3(C)C2)C(C)C5O)C(OC(=O)CC(C)C)[C@@H](C)C1C. The van der Waals surface area contributed by atoms with Crippen LogP contribution in [0.4, 0.5) is 0 Å². The number of esters is 1. The van der Waals surface area contributed by atoms with E-state index in [0.29, 0.717) is 24.7 Å². The van der Waals surface area contributed by atoms with Crippen LogP contribution in [0.3, 0.4) is 0 Å². The van der Waals surface area contributed by atoms with Gasteiger partial charge in [-0.15, -0.1) is 0 Å². The van der Waals surface area contributed by atoms with E-state index in [-0.39, 0.29) is 64.7 Å². The van der Waals surface area contributed by atoms with Gasteiger partial charge in [-0.25, -0.2) is 0 Å². The molecule has 1 aliphatic heterocycles. The molecule has 0 aromatic carbocycles. The molecule has 5 fully saturated rings. The monoisotopic (exact) mass is 562 g/mol. The Bertz CT molecular complexity index is 951. The lowest BCUT2D eigenvalue weighted by atomic mass is 9.43. The molecule has 14 atom stereocenters. The molecule has 40 heavy (non-hydrogen) atoms. The summed E-state index contributed by atoms with van der Waals surface area (Å²) in [5, 5.41) is 22.0. The number of carboxylic acid groups (broad SMARTS) is 1. The van der Waals surface area contributed by atoms with Gasteiger partial charge in [0.05, 0.1) is 24.2 Å². The first kappa shape index (κ1) is 30.3. The number of carbonyl (C=O) groups is 2. The first-order chi connectivity index (χ1) is 18.8. The second kappa shape index (κ2) is 11.1. The first-order valence-electron chi connectivity index (χ1n) is 16.2. The molecule has 0 amide bonds. The van der Waals surface area contributed by atoms with Gasteiger partial charge in [0.15, 0.2) is 12.4 Å². The normalized spacial score (nSPS) is 50.2. The maximum absolute atomic E-state index is 12.8. The van der Waals surface area contributed by atoms with E-state index in [1.54, 1.807) is 0 Å². The van der Waals surface area contributed by atoms with Gasteiger partial charge in [0.2, 0.25) is 0 Å². The molecule has 7 nitrogen and oxygen atoms in total. The zero-order valence-corrected chi connectivity index (χ0v) is 25.8. The molecule has 1 heterocycles. The van der Waals surface area contributed by atoms with Crippen LogP contribution in [0.1, 0.15) is 106 Å². The van der Waals surface area contributed by atoms with Crippen LogP contribution >= 0.6 is 0 Å². The van der Waals surface area contributed by atoms with Gasteiger partial charge < -0.3 is 24.4 Å². The molecular weight excluding hydrogens is 508 g/mol. The van der Waals surface area contributed by atoms with Gasteiger partial charge in [-0.1, -0.05) is 48.5 Å². The number of aliphatic hydroxyl groups is 1. The fraction of sp³-hybridized carbons (Fsp3) is 0.939. The molecular formula is C33H54O7. The van der Waals surface area contributed by atoms with E-state index in [0.717, 1.165) is 44.9 Å². The Morgan fingerprint density at radius 2 is 1.77 bits per heavy atom. The van der Waals surface area contributed by atoms with E-state index in [4.69, 9.17) is 14.2 Å². The molecule has 228 valence electrons. The standard InChI is InChI=1S/C33H54O7/c1-8-25-18(4)19(5)28(40-27(34)13-17(2)3)31(39-25)38-22-14-23(30(36)37)24-11-12-33-15-21(20(6)29(33)35)9-10-26(33)32(24,7)16-22/h17-26,28-29,31,35H,8-16H2,1-7H3,(H,36,37)/t18?,19-,20?,21?,22?,23?,24?,25?,26?,28?,29?,31?,32?,33?/m0/s1. The molecule has 7 heteroatoms. The lowest BCUT2D eigenvalue weighted by Crippen LogP contribution is -2.60. The molecule has 1 saturated heterocycles. The topological polar surface area (TPSA) is 102 Å². The molecule has 0 radical (unpaired) electrons. The highest BCUT2D eigenvalue weighted by Crippen LogP contribution is 2.71. The van der Waals surface area contributed by atoms with Crippen molar-refractivity contribution in [3.63, 3.8) is 0 Å². The Kier molecular flexibility index (Phi) is 8.44. The van der Waals surface area contributed by atoms with Crippen molar-refractivity contribution in [1.82, 2.24) is 0 Å². The van der Waals surface area contributed by atoms with Crippen LogP contribution in [-0.2, 0) is 23.8 Å². The smallest absolute Gasteiger partial charge is 0.306 e. The molecule has 2 bridgehead atoms. The Balaban J connectivity index is 1.42. The number of carboxylic acids is 1. The lowest BCUT2D eigenvalue weighted by Gasteiger charge is -2.62. The summed E-state index contributed by atoms with van der Waals surface area (Å²) in [6, 6.07) is 0. The molecule has 5 rings (SSSR count). The van der Waals surface area contributed by atoms with E-state index in [1.807, 2.05) is 13.8 Å². The number of hydrogen-bond acceptors (Lipinski definition) is 6. The fourth-order valence-corrected chi connectivity index (χ4v) is 10.5. The van der Waals surface area contributed by atoms with Gasteiger partial charge in [-0.3, -0.25) is 9.59 Å². The van der Waals surface area contributed by atoms with E-state index < -0.39 is 24.3 Å². The fourth-order valence-electron chi connectivity index (χ4n) is 10.5. The summed E-state index contributed by atoms with van der Waals surface area (Å²) in [6.07, 6.45) is 5.55. The van der Waals surface area contributed by atoms with Crippen molar-refractivity contribution in [2.24, 2.45) is 58.2 Å². The zero-order valence-electron chi connectivity index (χ0n) is 25.8. The number of rotatable bonds is 7. The minimum Gasteiger partial charge on any atom is -0.481 e. The van der Waals surface area contributed by atoms with Gasteiger partial charge in [0.25, 0.3) is 0 Å². The highest BCUT2D eigenvalue weighted by atomic mass is 16.7. The van der Waals surface area contributed by atoms with Crippen LogP contribution in [0.5, 0.6) is 0 Å². The summed E-state index contributed by atoms with van der Waals surface area (Å²) in [6.45, 7) is 14.9. The van der Waals surface area contributed by atoms with E-state index in [2.05, 4.69) is 34.6 Å². The van der Waals surface area contributed by atoms with Crippen LogP contribution < -0.4 is 0 Å². The van der Waals surface area contributed by atoms with E-state index in [1.165, 1.54) is 0 Å². The Morgan fingerprint density at radius 3 is 2.42 bits per heavy atom. The van der Waals surface area contributed by atoms with Gasteiger partial charge in [0.1, 0.15) is 0 Å². The van der Waals surface area contributed by atoms with Crippen molar-refractivity contribution in [3.05, 3.63) is 0 Å². The summed E-state index contributed by atoms with van der Waals surface area (Å²) in [7, 11) is 0. The van der Waals surface area contributed by atoms with Crippen molar-refractivity contribution in [2.75, 3.05) is 0 Å². The minimum absolute atomic E-state index is 0.00871. The Morgan fingerprint density at radius 1 is 1.05 bits per heavy atom. The van der Waals surface area contributed by atoms with Crippen molar-refractivity contribution in [1.29, 1.82) is 0 Å². The third-order valence-electron chi connectivity index (χ3n) is 12.6. The summed E-state index contributed by atoms with van der Waals surface area (Å²) < 4.78 is 19.3. The lowest BCUT2D eigenvalue weighted by molar-refractivity contribution is -0.300. The first-order valence-corrected chi connectivity index (χ1v) is 16.2. The molecule has 13 unspecified atom stereocenters.